The highest BCUT2D eigenvalue weighted by atomic mass is 127. The van der Waals surface area contributed by atoms with E-state index < -0.39 is 0 Å². The van der Waals surface area contributed by atoms with Crippen LogP contribution < -0.4 is 4.74 Å². The van der Waals surface area contributed by atoms with E-state index in [-0.39, 0.29) is 5.92 Å². The molecular formula is C14H9IO2. The second-order valence-electron chi connectivity index (χ2n) is 3.96. The summed E-state index contributed by atoms with van der Waals surface area (Å²) in [4.78, 5) is 10.9. The number of ether oxygens (including phenoxy) is 1. The molecule has 3 rings (SSSR count). The number of halogens is 1. The van der Waals surface area contributed by atoms with Gasteiger partial charge < -0.3 is 9.53 Å². The van der Waals surface area contributed by atoms with E-state index in [1.807, 2.05) is 36.4 Å². The molecule has 1 aromatic rings. The maximum absolute atomic E-state index is 10.9. The van der Waals surface area contributed by atoms with Crippen molar-refractivity contribution in [3.63, 3.8) is 0 Å². The Bertz CT molecular complexity index is 582. The predicted octanol–water partition coefficient (Wildman–Crippen LogP) is 3.49. The van der Waals surface area contributed by atoms with Crippen molar-refractivity contribution in [1.29, 1.82) is 0 Å². The van der Waals surface area contributed by atoms with Crippen LogP contribution in [0.2, 0.25) is 0 Å². The summed E-state index contributed by atoms with van der Waals surface area (Å²) in [6, 6.07) is 7.89. The monoisotopic (exact) mass is 336 g/mol. The maximum Gasteiger partial charge on any atom is 0.134 e. The molecule has 0 bridgehead atoms. The van der Waals surface area contributed by atoms with Crippen molar-refractivity contribution in [2.45, 2.75) is 0 Å². The number of para-hydroxylation sites is 1. The van der Waals surface area contributed by atoms with Gasteiger partial charge in [-0.25, -0.2) is 0 Å². The van der Waals surface area contributed by atoms with Crippen molar-refractivity contribution in [1.82, 2.24) is 0 Å². The normalized spacial score (nSPS) is 21.2. The van der Waals surface area contributed by atoms with Crippen LogP contribution in [-0.2, 0) is 4.79 Å². The Morgan fingerprint density at radius 3 is 2.88 bits per heavy atom. The zero-order valence-corrected chi connectivity index (χ0v) is 11.0. The van der Waals surface area contributed by atoms with Gasteiger partial charge in [0.25, 0.3) is 0 Å². The smallest absolute Gasteiger partial charge is 0.134 e. The Balaban J connectivity index is 2.13. The van der Waals surface area contributed by atoms with Gasteiger partial charge in [0.2, 0.25) is 0 Å². The van der Waals surface area contributed by atoms with Gasteiger partial charge in [-0.15, -0.1) is 0 Å². The third-order valence-electron chi connectivity index (χ3n) is 2.80. The number of carbonyl (C=O) groups excluding carboxylic acids is 1. The summed E-state index contributed by atoms with van der Waals surface area (Å²) < 4.78 is 6.89. The van der Waals surface area contributed by atoms with Crippen molar-refractivity contribution in [2.24, 2.45) is 5.92 Å². The van der Waals surface area contributed by atoms with Gasteiger partial charge >= 0.3 is 0 Å². The molecule has 2 nitrogen and oxygen atoms in total. The fraction of sp³-hybridized carbons (Fsp3) is 0.0714. The average Bonchev–Trinajstić information content (AvgIpc) is 2.36. The molecule has 84 valence electrons. The predicted molar refractivity (Wildman–Crippen MR) is 74.8 cm³/mol. The first-order valence-corrected chi connectivity index (χ1v) is 6.39. The first-order chi connectivity index (χ1) is 8.28. The van der Waals surface area contributed by atoms with Crippen LogP contribution in [0.4, 0.5) is 0 Å². The maximum atomic E-state index is 10.9. The van der Waals surface area contributed by atoms with Crippen LogP contribution in [0.25, 0.3) is 6.08 Å². The molecule has 1 atom stereocenters. The molecule has 0 fully saturated rings. The lowest BCUT2D eigenvalue weighted by atomic mass is 9.96. The van der Waals surface area contributed by atoms with Gasteiger partial charge in [-0.2, -0.15) is 0 Å². The molecule has 1 unspecified atom stereocenters. The Morgan fingerprint density at radius 2 is 2.06 bits per heavy atom. The summed E-state index contributed by atoms with van der Waals surface area (Å²) in [6.07, 6.45) is 6.83. The molecule has 1 aliphatic heterocycles. The zero-order chi connectivity index (χ0) is 11.8. The van der Waals surface area contributed by atoms with Gasteiger partial charge in [0.05, 0.1) is 5.92 Å². The molecule has 1 heterocycles. The average molecular weight is 336 g/mol. The molecule has 17 heavy (non-hydrogen) atoms. The third-order valence-corrected chi connectivity index (χ3v) is 3.74. The standard InChI is InChI=1S/C14H9IO2/c15-12-5-9(8-16)6-14-11(12)7-10-3-1-2-4-13(10)17-14/h1-9H. The van der Waals surface area contributed by atoms with Crippen molar-refractivity contribution in [3.8, 4) is 5.75 Å². The minimum atomic E-state index is -0.181. The number of carbonyl (C=O) groups is 1. The van der Waals surface area contributed by atoms with Gasteiger partial charge in [-0.3, -0.25) is 0 Å². The zero-order valence-electron chi connectivity index (χ0n) is 8.89. The molecule has 1 aliphatic carbocycles. The van der Waals surface area contributed by atoms with E-state index in [1.165, 1.54) is 0 Å². The lowest BCUT2D eigenvalue weighted by molar-refractivity contribution is -0.109. The number of fused-ring (bicyclic) bond motifs is 2. The molecule has 3 heteroatoms. The Morgan fingerprint density at radius 1 is 1.24 bits per heavy atom. The highest BCUT2D eigenvalue weighted by Crippen LogP contribution is 2.39. The molecule has 0 amide bonds. The van der Waals surface area contributed by atoms with E-state index in [4.69, 9.17) is 4.74 Å². The van der Waals surface area contributed by atoms with Gasteiger partial charge in [0.1, 0.15) is 17.8 Å². The summed E-state index contributed by atoms with van der Waals surface area (Å²) in [5, 5.41) is 0. The van der Waals surface area contributed by atoms with Gasteiger partial charge in [0.15, 0.2) is 0 Å². The molecular weight excluding hydrogens is 327 g/mol. The Kier molecular flexibility index (Phi) is 2.63. The van der Waals surface area contributed by atoms with Crippen molar-refractivity contribution in [3.05, 3.63) is 56.9 Å². The van der Waals surface area contributed by atoms with Gasteiger partial charge in [-0.1, -0.05) is 24.3 Å². The first-order valence-electron chi connectivity index (χ1n) is 5.31. The molecule has 0 N–H and O–H groups in total. The van der Waals surface area contributed by atoms with Crippen molar-refractivity contribution < 1.29 is 9.53 Å². The SMILES string of the molecule is O=CC1C=C(I)C2=Cc3ccccc3OC2=C1. The number of benzene rings is 1. The fourth-order valence-corrected chi connectivity index (χ4v) is 2.80. The van der Waals surface area contributed by atoms with E-state index in [0.717, 1.165) is 32.5 Å². The van der Waals surface area contributed by atoms with E-state index in [1.54, 1.807) is 0 Å². The second kappa shape index (κ2) is 4.14. The van der Waals surface area contributed by atoms with Crippen molar-refractivity contribution >= 4 is 35.0 Å². The summed E-state index contributed by atoms with van der Waals surface area (Å²) >= 11 is 2.24. The van der Waals surface area contributed by atoms with Crippen LogP contribution >= 0.6 is 22.6 Å². The number of hydrogen-bond acceptors (Lipinski definition) is 2. The van der Waals surface area contributed by atoms with E-state index in [9.17, 15) is 4.79 Å². The number of aldehydes is 1. The van der Waals surface area contributed by atoms with Crippen LogP contribution in [0, 0.1) is 5.92 Å². The lowest BCUT2D eigenvalue weighted by Gasteiger charge is -2.24. The second-order valence-corrected chi connectivity index (χ2v) is 5.12. The van der Waals surface area contributed by atoms with Crippen molar-refractivity contribution in [2.75, 3.05) is 0 Å². The summed E-state index contributed by atoms with van der Waals surface area (Å²) in [7, 11) is 0. The quantitative estimate of drug-likeness (QED) is 0.580. The van der Waals surface area contributed by atoms with Crippen LogP contribution in [-0.4, -0.2) is 6.29 Å². The van der Waals surface area contributed by atoms with Crippen LogP contribution in [0.15, 0.2) is 51.3 Å². The number of allylic oxidation sites excluding steroid dienone is 3. The first kappa shape index (κ1) is 10.8. The minimum Gasteiger partial charge on any atom is -0.456 e. The van der Waals surface area contributed by atoms with E-state index in [2.05, 4.69) is 28.7 Å². The van der Waals surface area contributed by atoms with Crippen LogP contribution in [0.1, 0.15) is 5.56 Å². The van der Waals surface area contributed by atoms with E-state index >= 15 is 0 Å². The van der Waals surface area contributed by atoms with Crippen LogP contribution in [0.5, 0.6) is 5.75 Å². The summed E-state index contributed by atoms with van der Waals surface area (Å²) in [5.74, 6) is 1.45. The lowest BCUT2D eigenvalue weighted by Crippen LogP contribution is -2.12. The molecule has 0 saturated heterocycles. The molecule has 0 radical (unpaired) electrons. The Labute approximate surface area is 113 Å². The van der Waals surface area contributed by atoms with E-state index in [0.29, 0.717) is 0 Å². The fourth-order valence-electron chi connectivity index (χ4n) is 1.96. The molecule has 2 aliphatic rings. The Hall–Kier alpha value is -1.36. The topological polar surface area (TPSA) is 26.3 Å². The largest absolute Gasteiger partial charge is 0.456 e. The highest BCUT2D eigenvalue weighted by molar-refractivity contribution is 14.1. The highest BCUT2D eigenvalue weighted by Gasteiger charge is 2.23. The molecule has 0 aromatic heterocycles. The van der Waals surface area contributed by atoms with Crippen LogP contribution in [0.3, 0.4) is 0 Å². The number of rotatable bonds is 1. The third kappa shape index (κ3) is 1.84. The summed E-state index contributed by atoms with van der Waals surface area (Å²) in [5.41, 5.74) is 2.13. The minimum absolute atomic E-state index is 0.181. The van der Waals surface area contributed by atoms with Gasteiger partial charge in [-0.05, 0) is 40.8 Å². The summed E-state index contributed by atoms with van der Waals surface area (Å²) in [6.45, 7) is 0. The molecule has 0 saturated carbocycles. The number of hydrogen-bond donors (Lipinski definition) is 0. The molecule has 0 spiro atoms. The molecule has 1 aromatic carbocycles. The van der Waals surface area contributed by atoms with Gasteiger partial charge in [0, 0.05) is 14.7 Å².